The molecule has 2 N–H and O–H groups in total. The minimum atomic E-state index is -3.59. The molecule has 1 fully saturated rings. The number of carbonyl (C=O) groups is 2. The standard InChI is InChI=1S/C20H23N3O5S/c1-15-6-5-9-17(19(15)21)20(25)28-14-18(24)22-10-12-23(13-11-22)29(26,27)16-7-3-2-4-8-16/h2-9H,10-14,21H2,1H3. The smallest absolute Gasteiger partial charge is 0.340 e. The molecule has 0 saturated carbocycles. The molecule has 1 amide bonds. The first-order valence-electron chi connectivity index (χ1n) is 9.16. The number of aryl methyl sites for hydroxylation is 1. The van der Waals surface area contributed by atoms with Gasteiger partial charge in [-0.2, -0.15) is 4.31 Å². The van der Waals surface area contributed by atoms with Crippen LogP contribution in [-0.2, 0) is 19.6 Å². The second kappa shape index (κ2) is 8.62. The van der Waals surface area contributed by atoms with Gasteiger partial charge < -0.3 is 15.4 Å². The normalized spacial score (nSPS) is 15.1. The lowest BCUT2D eigenvalue weighted by atomic mass is 10.1. The lowest BCUT2D eigenvalue weighted by Gasteiger charge is -2.33. The zero-order chi connectivity index (χ0) is 21.0. The van der Waals surface area contributed by atoms with Gasteiger partial charge in [0.25, 0.3) is 5.91 Å². The molecule has 1 aliphatic rings. The predicted molar refractivity (Wildman–Crippen MR) is 108 cm³/mol. The van der Waals surface area contributed by atoms with Crippen molar-refractivity contribution in [3.8, 4) is 0 Å². The van der Waals surface area contributed by atoms with E-state index in [2.05, 4.69) is 0 Å². The largest absolute Gasteiger partial charge is 0.452 e. The fourth-order valence-corrected chi connectivity index (χ4v) is 4.52. The molecule has 0 aromatic heterocycles. The Morgan fingerprint density at radius 3 is 2.31 bits per heavy atom. The second-order valence-electron chi connectivity index (χ2n) is 6.71. The van der Waals surface area contributed by atoms with E-state index in [0.717, 1.165) is 5.56 Å². The number of nitrogens with two attached hydrogens (primary N) is 1. The zero-order valence-electron chi connectivity index (χ0n) is 16.1. The van der Waals surface area contributed by atoms with Gasteiger partial charge in [0, 0.05) is 31.9 Å². The van der Waals surface area contributed by atoms with Gasteiger partial charge in [0.2, 0.25) is 10.0 Å². The fraction of sp³-hybridized carbons (Fsp3) is 0.300. The summed E-state index contributed by atoms with van der Waals surface area (Å²) in [5.74, 6) is -1.04. The molecular formula is C20H23N3O5S. The number of esters is 1. The number of para-hydroxylation sites is 1. The van der Waals surface area contributed by atoms with Crippen LogP contribution < -0.4 is 5.73 Å². The maximum absolute atomic E-state index is 12.6. The number of nitrogen functional groups attached to an aromatic ring is 1. The van der Waals surface area contributed by atoms with Crippen molar-refractivity contribution in [1.29, 1.82) is 0 Å². The summed E-state index contributed by atoms with van der Waals surface area (Å²) in [6.07, 6.45) is 0. The molecule has 2 aromatic rings. The summed E-state index contributed by atoms with van der Waals surface area (Å²) in [7, 11) is -3.59. The molecule has 0 bridgehead atoms. The molecule has 0 radical (unpaired) electrons. The van der Waals surface area contributed by atoms with E-state index in [1.165, 1.54) is 9.21 Å². The molecular weight excluding hydrogens is 394 g/mol. The number of hydrogen-bond acceptors (Lipinski definition) is 6. The summed E-state index contributed by atoms with van der Waals surface area (Å²) in [4.78, 5) is 26.3. The topological polar surface area (TPSA) is 110 Å². The van der Waals surface area contributed by atoms with Crippen LogP contribution in [0.2, 0.25) is 0 Å². The van der Waals surface area contributed by atoms with Crippen LogP contribution in [0.1, 0.15) is 15.9 Å². The van der Waals surface area contributed by atoms with Crippen molar-refractivity contribution in [3.05, 3.63) is 59.7 Å². The molecule has 9 heteroatoms. The number of ether oxygens (including phenoxy) is 1. The first-order valence-corrected chi connectivity index (χ1v) is 10.6. The van der Waals surface area contributed by atoms with E-state index in [1.54, 1.807) is 55.5 Å². The molecule has 1 saturated heterocycles. The lowest BCUT2D eigenvalue weighted by molar-refractivity contribution is -0.135. The van der Waals surface area contributed by atoms with E-state index < -0.39 is 22.6 Å². The molecule has 29 heavy (non-hydrogen) atoms. The Hall–Kier alpha value is -2.91. The third-order valence-electron chi connectivity index (χ3n) is 4.84. The summed E-state index contributed by atoms with van der Waals surface area (Å²) in [5, 5.41) is 0. The van der Waals surface area contributed by atoms with Crippen molar-refractivity contribution in [1.82, 2.24) is 9.21 Å². The Kier molecular flexibility index (Phi) is 6.19. The number of carbonyl (C=O) groups excluding carboxylic acids is 2. The third-order valence-corrected chi connectivity index (χ3v) is 6.76. The molecule has 0 atom stereocenters. The highest BCUT2D eigenvalue weighted by Crippen LogP contribution is 2.19. The lowest BCUT2D eigenvalue weighted by Crippen LogP contribution is -2.51. The van der Waals surface area contributed by atoms with Crippen molar-refractivity contribution in [2.24, 2.45) is 0 Å². The quantitative estimate of drug-likeness (QED) is 0.579. The highest BCUT2D eigenvalue weighted by molar-refractivity contribution is 7.89. The molecule has 0 aliphatic carbocycles. The summed E-state index contributed by atoms with van der Waals surface area (Å²) in [6, 6.07) is 13.2. The number of piperazine rings is 1. The van der Waals surface area contributed by atoms with Crippen molar-refractivity contribution < 1.29 is 22.7 Å². The average molecular weight is 417 g/mol. The van der Waals surface area contributed by atoms with Crippen LogP contribution in [-0.4, -0.2) is 62.3 Å². The number of nitrogens with zero attached hydrogens (tertiary/aromatic N) is 2. The van der Waals surface area contributed by atoms with Crippen LogP contribution in [0.25, 0.3) is 0 Å². The first-order chi connectivity index (χ1) is 13.8. The maximum atomic E-state index is 12.6. The number of hydrogen-bond donors (Lipinski definition) is 1. The monoisotopic (exact) mass is 417 g/mol. The molecule has 2 aromatic carbocycles. The van der Waals surface area contributed by atoms with Crippen LogP contribution in [0.5, 0.6) is 0 Å². The maximum Gasteiger partial charge on any atom is 0.340 e. The summed E-state index contributed by atoms with van der Waals surface area (Å²) < 4.78 is 31.7. The first kappa shape index (κ1) is 20.8. The minimum absolute atomic E-state index is 0.182. The van der Waals surface area contributed by atoms with Crippen LogP contribution in [0.3, 0.4) is 0 Å². The Morgan fingerprint density at radius 1 is 1.00 bits per heavy atom. The van der Waals surface area contributed by atoms with Gasteiger partial charge in [-0.3, -0.25) is 4.79 Å². The third kappa shape index (κ3) is 4.57. The van der Waals surface area contributed by atoms with Crippen LogP contribution in [0, 0.1) is 6.92 Å². The van der Waals surface area contributed by atoms with Gasteiger partial charge in [0.15, 0.2) is 6.61 Å². The molecule has 0 spiro atoms. The SMILES string of the molecule is Cc1cccc(C(=O)OCC(=O)N2CCN(S(=O)(=O)c3ccccc3)CC2)c1N. The van der Waals surface area contributed by atoms with E-state index in [-0.39, 0.29) is 42.5 Å². The van der Waals surface area contributed by atoms with Crippen molar-refractivity contribution in [2.45, 2.75) is 11.8 Å². The number of amides is 1. The highest BCUT2D eigenvalue weighted by Gasteiger charge is 2.30. The fourth-order valence-electron chi connectivity index (χ4n) is 3.07. The number of anilines is 1. The van der Waals surface area contributed by atoms with Gasteiger partial charge in [0.1, 0.15) is 0 Å². The Labute approximate surface area is 169 Å². The van der Waals surface area contributed by atoms with Crippen LogP contribution >= 0.6 is 0 Å². The van der Waals surface area contributed by atoms with Gasteiger partial charge in [-0.1, -0.05) is 30.3 Å². The van der Waals surface area contributed by atoms with E-state index in [4.69, 9.17) is 10.5 Å². The predicted octanol–water partition coefficient (Wildman–Crippen LogP) is 1.27. The molecule has 3 rings (SSSR count). The second-order valence-corrected chi connectivity index (χ2v) is 8.65. The van der Waals surface area contributed by atoms with Gasteiger partial charge in [-0.05, 0) is 30.7 Å². The summed E-state index contributed by atoms with van der Waals surface area (Å²) >= 11 is 0. The van der Waals surface area contributed by atoms with Gasteiger partial charge in [-0.25, -0.2) is 13.2 Å². The highest BCUT2D eigenvalue weighted by atomic mass is 32.2. The van der Waals surface area contributed by atoms with E-state index in [1.807, 2.05) is 0 Å². The minimum Gasteiger partial charge on any atom is -0.452 e. The molecule has 1 heterocycles. The van der Waals surface area contributed by atoms with Crippen molar-refractivity contribution >= 4 is 27.6 Å². The molecule has 154 valence electrons. The van der Waals surface area contributed by atoms with E-state index in [0.29, 0.717) is 5.69 Å². The van der Waals surface area contributed by atoms with Crippen molar-refractivity contribution in [3.63, 3.8) is 0 Å². The number of rotatable bonds is 5. The Morgan fingerprint density at radius 2 is 1.66 bits per heavy atom. The van der Waals surface area contributed by atoms with Crippen LogP contribution in [0.15, 0.2) is 53.4 Å². The van der Waals surface area contributed by atoms with Gasteiger partial charge in [0.05, 0.1) is 10.5 Å². The Bertz CT molecular complexity index is 1000. The molecule has 1 aliphatic heterocycles. The average Bonchev–Trinajstić information content (AvgIpc) is 2.74. The van der Waals surface area contributed by atoms with Crippen LogP contribution in [0.4, 0.5) is 5.69 Å². The molecule has 0 unspecified atom stereocenters. The Balaban J connectivity index is 1.54. The zero-order valence-corrected chi connectivity index (χ0v) is 16.9. The van der Waals surface area contributed by atoms with Crippen molar-refractivity contribution in [2.75, 3.05) is 38.5 Å². The number of sulfonamides is 1. The van der Waals surface area contributed by atoms with E-state index >= 15 is 0 Å². The number of benzene rings is 2. The molecule has 8 nitrogen and oxygen atoms in total. The van der Waals surface area contributed by atoms with Gasteiger partial charge in [-0.15, -0.1) is 0 Å². The van der Waals surface area contributed by atoms with Gasteiger partial charge >= 0.3 is 5.97 Å². The van der Waals surface area contributed by atoms with E-state index in [9.17, 15) is 18.0 Å². The summed E-state index contributed by atoms with van der Waals surface area (Å²) in [6.45, 7) is 2.19. The summed E-state index contributed by atoms with van der Waals surface area (Å²) in [5.41, 5.74) is 7.17.